The second-order valence-electron chi connectivity index (χ2n) is 3.90. The Balaban J connectivity index is 1.96. The van der Waals surface area contributed by atoms with Gasteiger partial charge >= 0.3 is 5.97 Å². The molecule has 0 radical (unpaired) electrons. The van der Waals surface area contributed by atoms with Crippen LogP contribution in [-0.2, 0) is 13.1 Å². The lowest BCUT2D eigenvalue weighted by Crippen LogP contribution is -2.15. The molecule has 19 heavy (non-hydrogen) atoms. The minimum absolute atomic E-state index is 0.0621. The predicted octanol–water partition coefficient (Wildman–Crippen LogP) is 2.55. The van der Waals surface area contributed by atoms with Crippen LogP contribution in [0, 0.1) is 11.6 Å². The fourth-order valence-corrected chi connectivity index (χ4v) is 1.64. The summed E-state index contributed by atoms with van der Waals surface area (Å²) < 4.78 is 31.0. The molecule has 0 amide bonds. The van der Waals surface area contributed by atoms with Crippen molar-refractivity contribution >= 4 is 5.97 Å². The van der Waals surface area contributed by atoms with Crippen molar-refractivity contribution in [1.29, 1.82) is 0 Å². The molecule has 2 aromatic rings. The molecule has 0 aliphatic carbocycles. The molecule has 0 atom stereocenters. The predicted molar refractivity (Wildman–Crippen MR) is 62.6 cm³/mol. The second-order valence-corrected chi connectivity index (χ2v) is 3.90. The number of halogens is 2. The van der Waals surface area contributed by atoms with Crippen molar-refractivity contribution in [3.05, 3.63) is 59.1 Å². The number of rotatable bonds is 5. The fourth-order valence-electron chi connectivity index (χ4n) is 1.64. The molecule has 0 spiro atoms. The lowest BCUT2D eigenvalue weighted by atomic mass is 10.2. The van der Waals surface area contributed by atoms with Crippen LogP contribution in [0.15, 0.2) is 34.9 Å². The Morgan fingerprint density at radius 2 is 2.05 bits per heavy atom. The van der Waals surface area contributed by atoms with E-state index in [1.54, 1.807) is 0 Å². The van der Waals surface area contributed by atoms with Gasteiger partial charge in [-0.1, -0.05) is 6.07 Å². The Hall–Kier alpha value is -2.21. The zero-order chi connectivity index (χ0) is 13.8. The number of hydrogen-bond donors (Lipinski definition) is 2. The van der Waals surface area contributed by atoms with E-state index in [1.807, 2.05) is 0 Å². The van der Waals surface area contributed by atoms with E-state index < -0.39 is 17.6 Å². The largest absolute Gasteiger partial charge is 0.478 e. The average molecular weight is 267 g/mol. The zero-order valence-electron chi connectivity index (χ0n) is 9.82. The Labute approximate surface area is 107 Å². The highest BCUT2D eigenvalue weighted by molar-refractivity contribution is 5.88. The maximum Gasteiger partial charge on any atom is 0.339 e. The molecule has 4 nitrogen and oxygen atoms in total. The van der Waals surface area contributed by atoms with Gasteiger partial charge in [0.2, 0.25) is 0 Å². The molecule has 1 heterocycles. The molecule has 2 N–H and O–H groups in total. The molecule has 1 aromatic carbocycles. The molecule has 0 aliphatic heterocycles. The molecule has 100 valence electrons. The monoisotopic (exact) mass is 267 g/mol. The summed E-state index contributed by atoms with van der Waals surface area (Å²) in [7, 11) is 0. The molecule has 1 aromatic heterocycles. The van der Waals surface area contributed by atoms with Crippen molar-refractivity contribution < 1.29 is 23.1 Å². The first-order valence-corrected chi connectivity index (χ1v) is 5.52. The minimum Gasteiger partial charge on any atom is -0.478 e. The van der Waals surface area contributed by atoms with Crippen molar-refractivity contribution in [1.82, 2.24) is 5.32 Å². The minimum atomic E-state index is -1.08. The van der Waals surface area contributed by atoms with Crippen LogP contribution in [0.25, 0.3) is 0 Å². The van der Waals surface area contributed by atoms with E-state index in [9.17, 15) is 13.6 Å². The van der Waals surface area contributed by atoms with Crippen molar-refractivity contribution in [3.63, 3.8) is 0 Å². The van der Waals surface area contributed by atoms with Crippen molar-refractivity contribution in [2.45, 2.75) is 13.1 Å². The van der Waals surface area contributed by atoms with Gasteiger partial charge in [-0.2, -0.15) is 0 Å². The van der Waals surface area contributed by atoms with E-state index >= 15 is 0 Å². The summed E-state index contributed by atoms with van der Waals surface area (Å²) in [4.78, 5) is 10.8. The molecular weight excluding hydrogens is 256 g/mol. The number of hydrogen-bond acceptors (Lipinski definition) is 3. The number of furan rings is 1. The van der Waals surface area contributed by atoms with Gasteiger partial charge in [-0.15, -0.1) is 0 Å². The van der Waals surface area contributed by atoms with Gasteiger partial charge < -0.3 is 14.8 Å². The Bertz CT molecular complexity index is 595. The van der Waals surface area contributed by atoms with Gasteiger partial charge in [-0.05, 0) is 12.1 Å². The van der Waals surface area contributed by atoms with E-state index in [0.29, 0.717) is 5.56 Å². The summed E-state index contributed by atoms with van der Waals surface area (Å²) in [6, 6.07) is 4.64. The molecule has 6 heteroatoms. The van der Waals surface area contributed by atoms with Gasteiger partial charge in [-0.25, -0.2) is 13.6 Å². The molecular formula is C13H11F2NO3. The summed E-state index contributed by atoms with van der Waals surface area (Å²) in [5.74, 6) is -2.11. The van der Waals surface area contributed by atoms with Gasteiger partial charge in [0.15, 0.2) is 0 Å². The zero-order valence-corrected chi connectivity index (χ0v) is 9.82. The van der Waals surface area contributed by atoms with Crippen LogP contribution in [0.4, 0.5) is 8.78 Å². The van der Waals surface area contributed by atoms with Gasteiger partial charge in [0.1, 0.15) is 23.0 Å². The lowest BCUT2D eigenvalue weighted by molar-refractivity contribution is 0.0694. The fraction of sp³-hybridized carbons (Fsp3) is 0.154. The van der Waals surface area contributed by atoms with E-state index in [4.69, 9.17) is 9.52 Å². The topological polar surface area (TPSA) is 62.5 Å². The van der Waals surface area contributed by atoms with Gasteiger partial charge in [0, 0.05) is 18.2 Å². The van der Waals surface area contributed by atoms with Crippen LogP contribution < -0.4 is 5.32 Å². The maximum absolute atomic E-state index is 13.3. The number of benzene rings is 1. The lowest BCUT2D eigenvalue weighted by Gasteiger charge is -2.05. The van der Waals surface area contributed by atoms with Crippen LogP contribution in [0.5, 0.6) is 0 Å². The number of carboxylic acid groups (broad SMARTS) is 1. The first-order chi connectivity index (χ1) is 9.08. The Morgan fingerprint density at radius 3 is 2.74 bits per heavy atom. The van der Waals surface area contributed by atoms with Crippen LogP contribution >= 0.6 is 0 Å². The molecule has 0 saturated carbocycles. The summed E-state index contributed by atoms with van der Waals surface area (Å²) in [6.07, 6.45) is 1.28. The summed E-state index contributed by atoms with van der Waals surface area (Å²) >= 11 is 0. The van der Waals surface area contributed by atoms with Crippen LogP contribution in [0.1, 0.15) is 21.7 Å². The third-order valence-electron chi connectivity index (χ3n) is 2.59. The first-order valence-electron chi connectivity index (χ1n) is 5.52. The smallest absolute Gasteiger partial charge is 0.339 e. The van der Waals surface area contributed by atoms with Crippen molar-refractivity contribution in [3.8, 4) is 0 Å². The van der Waals surface area contributed by atoms with Crippen molar-refractivity contribution in [2.75, 3.05) is 0 Å². The van der Waals surface area contributed by atoms with E-state index in [1.165, 1.54) is 18.4 Å². The van der Waals surface area contributed by atoms with Gasteiger partial charge in [-0.3, -0.25) is 0 Å². The quantitative estimate of drug-likeness (QED) is 0.873. The number of carbonyl (C=O) groups is 1. The number of nitrogens with one attached hydrogen (secondary N) is 1. The van der Waals surface area contributed by atoms with Gasteiger partial charge in [0.05, 0.1) is 12.8 Å². The SMILES string of the molecule is O=C(O)c1ccoc1CNCc1ccc(F)cc1F. The normalized spacial score (nSPS) is 10.6. The first kappa shape index (κ1) is 13.2. The molecule has 0 aliphatic rings. The van der Waals surface area contributed by atoms with E-state index in [-0.39, 0.29) is 24.4 Å². The van der Waals surface area contributed by atoms with Gasteiger partial charge in [0.25, 0.3) is 0 Å². The summed E-state index contributed by atoms with van der Waals surface area (Å²) in [6.45, 7) is 0.289. The number of aromatic carboxylic acids is 1. The van der Waals surface area contributed by atoms with Crippen molar-refractivity contribution in [2.24, 2.45) is 0 Å². The van der Waals surface area contributed by atoms with Crippen LogP contribution in [0.3, 0.4) is 0 Å². The standard InChI is InChI=1S/C13H11F2NO3/c14-9-2-1-8(11(15)5-9)6-16-7-12-10(13(17)18)3-4-19-12/h1-5,16H,6-7H2,(H,17,18). The third-order valence-corrected chi connectivity index (χ3v) is 2.59. The number of carboxylic acids is 1. The molecule has 0 bridgehead atoms. The van der Waals surface area contributed by atoms with Crippen LogP contribution in [-0.4, -0.2) is 11.1 Å². The summed E-state index contributed by atoms with van der Waals surface area (Å²) in [5.41, 5.74) is 0.358. The highest BCUT2D eigenvalue weighted by Gasteiger charge is 2.12. The van der Waals surface area contributed by atoms with Crippen LogP contribution in [0.2, 0.25) is 0 Å². The van der Waals surface area contributed by atoms with E-state index in [2.05, 4.69) is 5.32 Å². The molecule has 2 rings (SSSR count). The second kappa shape index (κ2) is 5.62. The molecule has 0 saturated heterocycles. The Morgan fingerprint density at radius 1 is 1.26 bits per heavy atom. The summed E-state index contributed by atoms with van der Waals surface area (Å²) in [5, 5.41) is 11.7. The Kier molecular flexibility index (Phi) is 3.91. The third kappa shape index (κ3) is 3.17. The highest BCUT2D eigenvalue weighted by atomic mass is 19.1. The van der Waals surface area contributed by atoms with E-state index in [0.717, 1.165) is 12.1 Å². The highest BCUT2D eigenvalue weighted by Crippen LogP contribution is 2.12. The molecule has 0 unspecified atom stereocenters. The maximum atomic E-state index is 13.3. The molecule has 0 fully saturated rings. The average Bonchev–Trinajstić information content (AvgIpc) is 2.80.